The van der Waals surface area contributed by atoms with Crippen LogP contribution >= 0.6 is 0 Å². The largest absolute Gasteiger partial charge is 0.345 e. The van der Waals surface area contributed by atoms with Crippen LogP contribution in [-0.4, -0.2) is 38.2 Å². The highest BCUT2D eigenvalue weighted by Crippen LogP contribution is 2.28. The molecule has 3 N–H and O–H groups in total. The lowest BCUT2D eigenvalue weighted by Gasteiger charge is -2.28. The van der Waals surface area contributed by atoms with Crippen molar-refractivity contribution in [1.29, 1.82) is 0 Å². The van der Waals surface area contributed by atoms with Gasteiger partial charge in [0.15, 0.2) is 0 Å². The van der Waals surface area contributed by atoms with Crippen LogP contribution in [0.2, 0.25) is 0 Å². The fourth-order valence-electron chi connectivity index (χ4n) is 2.79. The van der Waals surface area contributed by atoms with Crippen LogP contribution in [0.5, 0.6) is 0 Å². The van der Waals surface area contributed by atoms with Gasteiger partial charge in [0, 0.05) is 12.1 Å². The smallest absolute Gasteiger partial charge is 0.251 e. The van der Waals surface area contributed by atoms with Crippen LogP contribution in [0.3, 0.4) is 0 Å². The van der Waals surface area contributed by atoms with Crippen LogP contribution in [0.1, 0.15) is 36.0 Å². The maximum atomic E-state index is 12.3. The van der Waals surface area contributed by atoms with E-state index in [2.05, 4.69) is 20.8 Å². The summed E-state index contributed by atoms with van der Waals surface area (Å²) < 4.78 is 1.54. The topological polar surface area (TPSA) is 98.7 Å². The number of carbonyl (C=O) groups excluding carboxylic acids is 1. The van der Waals surface area contributed by atoms with Gasteiger partial charge < -0.3 is 11.1 Å². The van der Waals surface area contributed by atoms with Crippen molar-refractivity contribution in [3.63, 3.8) is 0 Å². The second kappa shape index (κ2) is 5.61. The third-order valence-corrected chi connectivity index (χ3v) is 4.07. The molecule has 0 radical (unpaired) electrons. The minimum Gasteiger partial charge on any atom is -0.345 e. The van der Waals surface area contributed by atoms with E-state index < -0.39 is 0 Å². The van der Waals surface area contributed by atoms with Crippen molar-refractivity contribution in [2.24, 2.45) is 5.73 Å². The van der Waals surface area contributed by atoms with Gasteiger partial charge in [-0.3, -0.25) is 4.79 Å². The first-order chi connectivity index (χ1) is 10.2. The van der Waals surface area contributed by atoms with Crippen LogP contribution in [-0.2, 0) is 0 Å². The van der Waals surface area contributed by atoms with Gasteiger partial charge in [-0.05, 0) is 47.5 Å². The van der Waals surface area contributed by atoms with Gasteiger partial charge >= 0.3 is 0 Å². The quantitative estimate of drug-likeness (QED) is 0.860. The van der Waals surface area contributed by atoms with E-state index in [4.69, 9.17) is 5.73 Å². The Morgan fingerprint density at radius 1 is 1.29 bits per heavy atom. The van der Waals surface area contributed by atoms with Crippen LogP contribution in [0, 0.1) is 0 Å². The Hall–Kier alpha value is -2.28. The molecule has 0 spiro atoms. The van der Waals surface area contributed by atoms with Crippen molar-refractivity contribution in [2.75, 3.05) is 6.54 Å². The number of hydrogen-bond donors (Lipinski definition) is 2. The molecule has 1 heterocycles. The third-order valence-electron chi connectivity index (χ3n) is 4.07. The van der Waals surface area contributed by atoms with E-state index in [0.29, 0.717) is 12.1 Å². The molecule has 0 aliphatic heterocycles. The number of tetrazole rings is 1. The average molecular weight is 286 g/mol. The average Bonchev–Trinajstić information content (AvgIpc) is 3.19. The molecule has 0 saturated heterocycles. The predicted molar refractivity (Wildman–Crippen MR) is 76.9 cm³/mol. The van der Waals surface area contributed by atoms with Crippen molar-refractivity contribution in [2.45, 2.75) is 31.2 Å². The highest BCUT2D eigenvalue weighted by Gasteiger charge is 2.33. The van der Waals surface area contributed by atoms with Crippen molar-refractivity contribution in [3.05, 3.63) is 36.2 Å². The molecule has 1 aliphatic carbocycles. The van der Waals surface area contributed by atoms with Gasteiger partial charge in [-0.25, -0.2) is 4.68 Å². The second-order valence-electron chi connectivity index (χ2n) is 5.45. The molecule has 0 atom stereocenters. The van der Waals surface area contributed by atoms with E-state index in [1.807, 2.05) is 12.1 Å². The Morgan fingerprint density at radius 3 is 2.57 bits per heavy atom. The maximum Gasteiger partial charge on any atom is 0.251 e. The summed E-state index contributed by atoms with van der Waals surface area (Å²) in [5.74, 6) is -0.0781. The number of nitrogens with zero attached hydrogens (tertiary/aromatic N) is 4. The molecule has 1 saturated carbocycles. The zero-order valence-corrected chi connectivity index (χ0v) is 11.7. The predicted octanol–water partition coefficient (Wildman–Crippen LogP) is 0.664. The first-order valence-corrected chi connectivity index (χ1v) is 7.08. The Labute approximate surface area is 122 Å². The SMILES string of the molecule is NCC1(NC(=O)c2ccc(-n3cnnn3)cc2)CCCC1. The molecule has 3 rings (SSSR count). The lowest BCUT2D eigenvalue weighted by Crippen LogP contribution is -2.51. The normalized spacial score (nSPS) is 16.8. The number of carbonyl (C=O) groups is 1. The molecule has 0 bridgehead atoms. The van der Waals surface area contributed by atoms with Gasteiger partial charge in [-0.1, -0.05) is 12.8 Å². The molecule has 1 aromatic carbocycles. The summed E-state index contributed by atoms with van der Waals surface area (Å²) in [6.07, 6.45) is 5.67. The molecule has 110 valence electrons. The van der Waals surface area contributed by atoms with E-state index in [-0.39, 0.29) is 11.4 Å². The number of nitrogens with one attached hydrogen (secondary N) is 1. The molecule has 1 fully saturated rings. The van der Waals surface area contributed by atoms with Gasteiger partial charge in [0.25, 0.3) is 5.91 Å². The number of nitrogens with two attached hydrogens (primary N) is 1. The summed E-state index contributed by atoms with van der Waals surface area (Å²) in [6, 6.07) is 7.17. The molecule has 1 amide bonds. The molecule has 21 heavy (non-hydrogen) atoms. The molecule has 2 aromatic rings. The third kappa shape index (κ3) is 2.78. The number of benzene rings is 1. The molecule has 7 heteroatoms. The molecule has 7 nitrogen and oxygen atoms in total. The Balaban J connectivity index is 1.73. The van der Waals surface area contributed by atoms with Gasteiger partial charge in [-0.15, -0.1) is 5.10 Å². The van der Waals surface area contributed by atoms with Crippen LogP contribution < -0.4 is 11.1 Å². The summed E-state index contributed by atoms with van der Waals surface area (Å²) in [6.45, 7) is 0.488. The summed E-state index contributed by atoms with van der Waals surface area (Å²) in [4.78, 5) is 12.3. The minimum atomic E-state index is -0.231. The number of rotatable bonds is 4. The number of hydrogen-bond acceptors (Lipinski definition) is 5. The Kier molecular flexibility index (Phi) is 3.66. The van der Waals surface area contributed by atoms with Crippen molar-refractivity contribution in [3.8, 4) is 5.69 Å². The fraction of sp³-hybridized carbons (Fsp3) is 0.429. The Morgan fingerprint density at radius 2 is 2.00 bits per heavy atom. The summed E-state index contributed by atoms with van der Waals surface area (Å²) in [5, 5.41) is 14.1. The van der Waals surface area contributed by atoms with E-state index in [1.165, 1.54) is 6.33 Å². The van der Waals surface area contributed by atoms with Crippen LogP contribution in [0.15, 0.2) is 30.6 Å². The van der Waals surface area contributed by atoms with Crippen molar-refractivity contribution < 1.29 is 4.79 Å². The second-order valence-corrected chi connectivity index (χ2v) is 5.45. The Bertz CT molecular complexity index is 601. The lowest BCUT2D eigenvalue weighted by atomic mass is 9.97. The lowest BCUT2D eigenvalue weighted by molar-refractivity contribution is 0.0903. The molecule has 0 unspecified atom stereocenters. The summed E-state index contributed by atoms with van der Waals surface area (Å²) in [7, 11) is 0. The van der Waals surface area contributed by atoms with E-state index >= 15 is 0 Å². The molecular formula is C14H18N6O. The van der Waals surface area contributed by atoms with Gasteiger partial charge in [0.05, 0.1) is 11.2 Å². The van der Waals surface area contributed by atoms with E-state index in [0.717, 1.165) is 31.4 Å². The minimum absolute atomic E-state index is 0.0781. The van der Waals surface area contributed by atoms with Gasteiger partial charge in [0.1, 0.15) is 6.33 Å². The molecular weight excluding hydrogens is 268 g/mol. The highest BCUT2D eigenvalue weighted by molar-refractivity contribution is 5.94. The van der Waals surface area contributed by atoms with Crippen molar-refractivity contribution >= 4 is 5.91 Å². The monoisotopic (exact) mass is 286 g/mol. The first-order valence-electron chi connectivity index (χ1n) is 7.08. The van der Waals surface area contributed by atoms with E-state index in [1.54, 1.807) is 16.8 Å². The molecule has 1 aliphatic rings. The highest BCUT2D eigenvalue weighted by atomic mass is 16.1. The molecule has 1 aromatic heterocycles. The summed E-state index contributed by atoms with van der Waals surface area (Å²) in [5.41, 5.74) is 7.04. The van der Waals surface area contributed by atoms with Crippen molar-refractivity contribution in [1.82, 2.24) is 25.5 Å². The fourth-order valence-corrected chi connectivity index (χ4v) is 2.79. The standard InChI is InChI=1S/C14H18N6O/c15-9-14(7-1-2-8-14)17-13(21)11-3-5-12(6-4-11)20-10-16-18-19-20/h3-6,10H,1-2,7-9,15H2,(H,17,21). The zero-order chi connectivity index (χ0) is 14.7. The number of amides is 1. The van der Waals surface area contributed by atoms with Gasteiger partial charge in [-0.2, -0.15) is 0 Å². The summed E-state index contributed by atoms with van der Waals surface area (Å²) >= 11 is 0. The van der Waals surface area contributed by atoms with Crippen LogP contribution in [0.25, 0.3) is 5.69 Å². The first kappa shape index (κ1) is 13.7. The van der Waals surface area contributed by atoms with Crippen LogP contribution in [0.4, 0.5) is 0 Å². The van der Waals surface area contributed by atoms with Gasteiger partial charge in [0.2, 0.25) is 0 Å². The van der Waals surface area contributed by atoms with E-state index in [9.17, 15) is 4.79 Å². The number of aromatic nitrogens is 4. The zero-order valence-electron chi connectivity index (χ0n) is 11.7. The maximum absolute atomic E-state index is 12.3.